The zero-order valence-electron chi connectivity index (χ0n) is 10.7. The first kappa shape index (κ1) is 13.4. The number of nitrogens with one attached hydrogen (secondary N) is 1. The molecule has 18 heavy (non-hydrogen) atoms. The van der Waals surface area contributed by atoms with Gasteiger partial charge in [-0.3, -0.25) is 4.68 Å². The van der Waals surface area contributed by atoms with Crippen LogP contribution in [0.4, 0.5) is 0 Å². The summed E-state index contributed by atoms with van der Waals surface area (Å²) in [6.45, 7) is 6.08. The molecule has 0 fully saturated rings. The molecule has 0 aliphatic carbocycles. The van der Waals surface area contributed by atoms with Crippen molar-refractivity contribution in [1.82, 2.24) is 15.1 Å². The summed E-state index contributed by atoms with van der Waals surface area (Å²) < 4.78 is 8.07. The molecule has 2 rings (SSSR count). The minimum Gasteiger partial charge on any atom is -0.457 e. The summed E-state index contributed by atoms with van der Waals surface area (Å²) >= 11 is 3.44. The molecule has 0 spiro atoms. The fraction of sp³-hybridized carbons (Fsp3) is 0.462. The van der Waals surface area contributed by atoms with Crippen LogP contribution in [-0.4, -0.2) is 16.3 Å². The summed E-state index contributed by atoms with van der Waals surface area (Å²) in [5, 5.41) is 7.83. The maximum Gasteiger partial charge on any atom is 0.174 e. The summed E-state index contributed by atoms with van der Waals surface area (Å²) in [4.78, 5) is 0. The van der Waals surface area contributed by atoms with Gasteiger partial charge in [-0.2, -0.15) is 5.10 Å². The lowest BCUT2D eigenvalue weighted by molar-refractivity contribution is 0.526. The van der Waals surface area contributed by atoms with Gasteiger partial charge in [-0.15, -0.1) is 0 Å². The third-order valence-electron chi connectivity index (χ3n) is 2.80. The molecule has 0 radical (unpaired) electrons. The molecule has 4 nitrogen and oxygen atoms in total. The van der Waals surface area contributed by atoms with Gasteiger partial charge >= 0.3 is 0 Å². The van der Waals surface area contributed by atoms with Crippen LogP contribution in [-0.2, 0) is 6.54 Å². The molecule has 0 bridgehead atoms. The van der Waals surface area contributed by atoms with Crippen LogP contribution >= 0.6 is 15.9 Å². The van der Waals surface area contributed by atoms with Gasteiger partial charge in [0, 0.05) is 23.9 Å². The van der Waals surface area contributed by atoms with E-state index < -0.39 is 0 Å². The Balaban J connectivity index is 2.26. The van der Waals surface area contributed by atoms with E-state index in [1.165, 1.54) is 0 Å². The standard InChI is InChI=1S/C13H18BrN3O/c1-3-6-17-9-10(8-16-17)12(15-4-2)11-5-7-18-13(11)14/h5,7-9,12,15H,3-4,6H2,1-2H3. The summed E-state index contributed by atoms with van der Waals surface area (Å²) in [5.74, 6) is 0. The van der Waals surface area contributed by atoms with Gasteiger partial charge in [0.15, 0.2) is 4.67 Å². The normalized spacial score (nSPS) is 12.8. The van der Waals surface area contributed by atoms with Crippen LogP contribution in [0, 0.1) is 0 Å². The average molecular weight is 312 g/mol. The lowest BCUT2D eigenvalue weighted by atomic mass is 10.1. The summed E-state index contributed by atoms with van der Waals surface area (Å²) in [6, 6.07) is 2.10. The van der Waals surface area contributed by atoms with Crippen molar-refractivity contribution >= 4 is 15.9 Å². The van der Waals surface area contributed by atoms with Crippen molar-refractivity contribution in [3.8, 4) is 0 Å². The van der Waals surface area contributed by atoms with E-state index in [-0.39, 0.29) is 6.04 Å². The van der Waals surface area contributed by atoms with E-state index in [9.17, 15) is 0 Å². The van der Waals surface area contributed by atoms with E-state index in [0.29, 0.717) is 0 Å². The first-order valence-corrected chi connectivity index (χ1v) is 7.04. The highest BCUT2D eigenvalue weighted by Crippen LogP contribution is 2.29. The van der Waals surface area contributed by atoms with E-state index in [0.717, 1.165) is 35.3 Å². The van der Waals surface area contributed by atoms with Crippen LogP contribution in [0.3, 0.4) is 0 Å². The zero-order valence-corrected chi connectivity index (χ0v) is 12.3. The molecule has 0 aromatic carbocycles. The number of hydrogen-bond donors (Lipinski definition) is 1. The minimum absolute atomic E-state index is 0.119. The second-order valence-electron chi connectivity index (χ2n) is 4.18. The van der Waals surface area contributed by atoms with Crippen LogP contribution in [0.5, 0.6) is 0 Å². The van der Waals surface area contributed by atoms with Crippen molar-refractivity contribution in [3.05, 3.63) is 40.5 Å². The predicted octanol–water partition coefficient (Wildman–Crippen LogP) is 3.35. The number of nitrogens with zero attached hydrogens (tertiary/aromatic N) is 2. The Hall–Kier alpha value is -1.07. The third kappa shape index (κ3) is 2.84. The van der Waals surface area contributed by atoms with E-state index in [2.05, 4.69) is 46.4 Å². The number of rotatable bonds is 6. The van der Waals surface area contributed by atoms with Gasteiger partial charge in [-0.05, 0) is 35.0 Å². The Labute approximate surface area is 115 Å². The molecule has 0 aliphatic rings. The Morgan fingerprint density at radius 2 is 2.33 bits per heavy atom. The Bertz CT molecular complexity index is 492. The lowest BCUT2D eigenvalue weighted by Crippen LogP contribution is -2.21. The molecule has 5 heteroatoms. The smallest absolute Gasteiger partial charge is 0.174 e. The van der Waals surface area contributed by atoms with Crippen LogP contribution in [0.25, 0.3) is 0 Å². The number of furan rings is 1. The van der Waals surface area contributed by atoms with Gasteiger partial charge < -0.3 is 9.73 Å². The van der Waals surface area contributed by atoms with Gasteiger partial charge in [-0.1, -0.05) is 13.8 Å². The SMILES string of the molecule is CCCn1cc(C(NCC)c2ccoc2Br)cn1. The van der Waals surface area contributed by atoms with Crippen molar-refractivity contribution in [1.29, 1.82) is 0 Å². The second kappa shape index (κ2) is 6.20. The van der Waals surface area contributed by atoms with Gasteiger partial charge in [0.05, 0.1) is 18.5 Å². The van der Waals surface area contributed by atoms with Gasteiger partial charge in [0.25, 0.3) is 0 Å². The van der Waals surface area contributed by atoms with Crippen molar-refractivity contribution in [2.24, 2.45) is 0 Å². The molecule has 2 aromatic heterocycles. The zero-order chi connectivity index (χ0) is 13.0. The largest absolute Gasteiger partial charge is 0.457 e. The van der Waals surface area contributed by atoms with E-state index in [4.69, 9.17) is 4.42 Å². The first-order valence-electron chi connectivity index (χ1n) is 6.24. The number of halogens is 1. The molecular weight excluding hydrogens is 294 g/mol. The fourth-order valence-corrected chi connectivity index (χ4v) is 2.47. The molecule has 1 N–H and O–H groups in total. The van der Waals surface area contributed by atoms with Crippen molar-refractivity contribution in [2.75, 3.05) is 6.54 Å². The molecule has 0 saturated heterocycles. The highest BCUT2D eigenvalue weighted by Gasteiger charge is 2.19. The van der Waals surface area contributed by atoms with Gasteiger partial charge in [0.2, 0.25) is 0 Å². The Morgan fingerprint density at radius 3 is 2.94 bits per heavy atom. The molecule has 2 heterocycles. The monoisotopic (exact) mass is 311 g/mol. The summed E-state index contributed by atoms with van der Waals surface area (Å²) in [5.41, 5.74) is 2.26. The van der Waals surface area contributed by atoms with Crippen LogP contribution in [0.1, 0.15) is 37.4 Å². The quantitative estimate of drug-likeness (QED) is 0.889. The van der Waals surface area contributed by atoms with Crippen molar-refractivity contribution in [2.45, 2.75) is 32.9 Å². The molecule has 98 valence electrons. The maximum absolute atomic E-state index is 5.32. The maximum atomic E-state index is 5.32. The van der Waals surface area contributed by atoms with E-state index in [1.807, 2.05) is 16.9 Å². The molecule has 1 atom stereocenters. The van der Waals surface area contributed by atoms with Gasteiger partial charge in [0.1, 0.15) is 0 Å². The highest BCUT2D eigenvalue weighted by molar-refractivity contribution is 9.10. The number of aromatic nitrogens is 2. The molecule has 0 saturated carbocycles. The highest BCUT2D eigenvalue weighted by atomic mass is 79.9. The molecule has 0 amide bonds. The summed E-state index contributed by atoms with van der Waals surface area (Å²) in [6.07, 6.45) is 6.79. The van der Waals surface area contributed by atoms with E-state index in [1.54, 1.807) is 6.26 Å². The van der Waals surface area contributed by atoms with Crippen LogP contribution in [0.2, 0.25) is 0 Å². The molecular formula is C13H18BrN3O. The van der Waals surface area contributed by atoms with Crippen molar-refractivity contribution in [3.63, 3.8) is 0 Å². The third-order valence-corrected chi connectivity index (χ3v) is 3.45. The topological polar surface area (TPSA) is 43.0 Å². The number of hydrogen-bond acceptors (Lipinski definition) is 3. The predicted molar refractivity (Wildman–Crippen MR) is 74.4 cm³/mol. The van der Waals surface area contributed by atoms with E-state index >= 15 is 0 Å². The Morgan fingerprint density at radius 1 is 1.50 bits per heavy atom. The lowest BCUT2D eigenvalue weighted by Gasteiger charge is -2.15. The molecule has 0 aliphatic heterocycles. The molecule has 1 unspecified atom stereocenters. The fourth-order valence-electron chi connectivity index (χ4n) is 2.00. The second-order valence-corrected chi connectivity index (χ2v) is 4.90. The molecule has 2 aromatic rings. The van der Waals surface area contributed by atoms with Crippen molar-refractivity contribution < 1.29 is 4.42 Å². The van der Waals surface area contributed by atoms with Gasteiger partial charge in [-0.25, -0.2) is 0 Å². The van der Waals surface area contributed by atoms with Crippen LogP contribution < -0.4 is 5.32 Å². The summed E-state index contributed by atoms with van der Waals surface area (Å²) in [7, 11) is 0. The number of aryl methyl sites for hydroxylation is 1. The van der Waals surface area contributed by atoms with Crippen LogP contribution in [0.15, 0.2) is 33.8 Å². The average Bonchev–Trinajstić information content (AvgIpc) is 2.96. The minimum atomic E-state index is 0.119. The Kier molecular flexibility index (Phi) is 4.60. The first-order chi connectivity index (χ1) is 8.76.